The number of rotatable bonds is 5. The van der Waals surface area contributed by atoms with E-state index in [1.54, 1.807) is 6.20 Å². The quantitative estimate of drug-likeness (QED) is 0.231. The van der Waals surface area contributed by atoms with Crippen LogP contribution in [0.1, 0.15) is 0 Å². The van der Waals surface area contributed by atoms with Crippen LogP contribution in [0.4, 0.5) is 0 Å². The van der Waals surface area contributed by atoms with Crippen molar-refractivity contribution in [1.29, 1.82) is 0 Å². The summed E-state index contributed by atoms with van der Waals surface area (Å²) in [6.07, 6.45) is 5.64. The van der Waals surface area contributed by atoms with Crippen molar-refractivity contribution in [1.82, 2.24) is 15.0 Å². The van der Waals surface area contributed by atoms with Crippen molar-refractivity contribution in [2.75, 3.05) is 0 Å². The summed E-state index contributed by atoms with van der Waals surface area (Å²) < 4.78 is 0. The van der Waals surface area contributed by atoms with E-state index in [1.165, 1.54) is 16.3 Å². The molecule has 0 spiro atoms. The van der Waals surface area contributed by atoms with E-state index in [2.05, 4.69) is 102 Å². The molecule has 0 atom stereocenters. The molecule has 0 saturated heterocycles. The first-order valence-electron chi connectivity index (χ1n) is 13.4. The van der Waals surface area contributed by atoms with Crippen LogP contribution in [0.15, 0.2) is 152 Å². The monoisotopic (exact) mass is 511 g/mol. The van der Waals surface area contributed by atoms with Gasteiger partial charge in [-0.3, -0.25) is 4.98 Å². The molecule has 0 bridgehead atoms. The second-order valence-corrected chi connectivity index (χ2v) is 9.75. The van der Waals surface area contributed by atoms with Crippen LogP contribution in [-0.2, 0) is 0 Å². The lowest BCUT2D eigenvalue weighted by Gasteiger charge is -2.14. The molecule has 0 aliphatic rings. The minimum absolute atomic E-state index is 0.707. The molecule has 0 saturated carbocycles. The average molecular weight is 512 g/mol. The van der Waals surface area contributed by atoms with Crippen molar-refractivity contribution in [3.8, 4) is 56.0 Å². The lowest BCUT2D eigenvalue weighted by Crippen LogP contribution is -1.96. The second-order valence-electron chi connectivity index (χ2n) is 9.75. The molecule has 0 radical (unpaired) electrons. The van der Waals surface area contributed by atoms with Gasteiger partial charge in [0.25, 0.3) is 0 Å². The first-order valence-corrected chi connectivity index (χ1v) is 13.4. The first-order chi connectivity index (χ1) is 19.8. The Morgan fingerprint density at radius 3 is 1.93 bits per heavy atom. The summed E-state index contributed by atoms with van der Waals surface area (Å²) in [5.74, 6) is 0.707. The molecular formula is C37H25N3. The van der Waals surface area contributed by atoms with Crippen LogP contribution < -0.4 is 0 Å². The Morgan fingerprint density at radius 1 is 0.425 bits per heavy atom. The molecule has 0 amide bonds. The summed E-state index contributed by atoms with van der Waals surface area (Å²) in [5, 5.41) is 2.46. The van der Waals surface area contributed by atoms with Crippen LogP contribution >= 0.6 is 0 Å². The Balaban J connectivity index is 1.41. The third-order valence-electron chi connectivity index (χ3n) is 7.23. The zero-order valence-corrected chi connectivity index (χ0v) is 21.8. The number of pyridine rings is 1. The molecule has 5 aromatic carbocycles. The fourth-order valence-electron chi connectivity index (χ4n) is 5.25. The van der Waals surface area contributed by atoms with Gasteiger partial charge in [0.05, 0.1) is 5.69 Å². The van der Waals surface area contributed by atoms with Crippen LogP contribution in [-0.4, -0.2) is 15.0 Å². The van der Waals surface area contributed by atoms with Crippen molar-refractivity contribution in [2.45, 2.75) is 0 Å². The van der Waals surface area contributed by atoms with Crippen molar-refractivity contribution in [2.24, 2.45) is 0 Å². The fraction of sp³-hybridized carbons (Fsp3) is 0. The van der Waals surface area contributed by atoms with Gasteiger partial charge >= 0.3 is 0 Å². The van der Waals surface area contributed by atoms with Gasteiger partial charge in [-0.1, -0.05) is 115 Å². The van der Waals surface area contributed by atoms with Crippen LogP contribution in [0.25, 0.3) is 66.8 Å². The molecule has 7 aromatic rings. The third kappa shape index (κ3) is 4.55. The first kappa shape index (κ1) is 23.7. The number of aromatic nitrogens is 3. The van der Waals surface area contributed by atoms with Gasteiger partial charge in [-0.25, -0.2) is 9.97 Å². The third-order valence-corrected chi connectivity index (χ3v) is 7.23. The maximum Gasteiger partial charge on any atom is 0.159 e. The Hall–Kier alpha value is -5.41. The van der Waals surface area contributed by atoms with Crippen LogP contribution in [0.5, 0.6) is 0 Å². The molecule has 3 nitrogen and oxygen atoms in total. The Morgan fingerprint density at radius 2 is 1.07 bits per heavy atom. The average Bonchev–Trinajstić information content (AvgIpc) is 3.05. The minimum Gasteiger partial charge on any atom is -0.264 e. The van der Waals surface area contributed by atoms with Gasteiger partial charge in [0.2, 0.25) is 0 Å². The van der Waals surface area contributed by atoms with Crippen LogP contribution in [0.2, 0.25) is 0 Å². The summed E-state index contributed by atoms with van der Waals surface area (Å²) in [7, 11) is 0. The van der Waals surface area contributed by atoms with Gasteiger partial charge in [-0.2, -0.15) is 0 Å². The molecular weight excluding hydrogens is 486 g/mol. The maximum absolute atomic E-state index is 5.17. The Kier molecular flexibility index (Phi) is 6.15. The normalized spacial score (nSPS) is 11.0. The molecule has 0 N–H and O–H groups in total. The maximum atomic E-state index is 5.17. The number of hydrogen-bond donors (Lipinski definition) is 0. The van der Waals surface area contributed by atoms with Gasteiger partial charge < -0.3 is 0 Å². The van der Waals surface area contributed by atoms with Gasteiger partial charge in [-0.05, 0) is 51.2 Å². The lowest BCUT2D eigenvalue weighted by atomic mass is 9.94. The highest BCUT2D eigenvalue weighted by atomic mass is 14.9. The smallest absolute Gasteiger partial charge is 0.159 e. The van der Waals surface area contributed by atoms with Crippen LogP contribution in [0.3, 0.4) is 0 Å². The van der Waals surface area contributed by atoms with Crippen molar-refractivity contribution in [3.63, 3.8) is 0 Å². The zero-order valence-electron chi connectivity index (χ0n) is 21.8. The molecule has 7 rings (SSSR count). The van der Waals surface area contributed by atoms with E-state index >= 15 is 0 Å². The number of fused-ring (bicyclic) bond motifs is 1. The van der Waals surface area contributed by atoms with Gasteiger partial charge in [0.15, 0.2) is 5.82 Å². The molecule has 188 valence electrons. The van der Waals surface area contributed by atoms with E-state index in [0.29, 0.717) is 5.82 Å². The SMILES string of the molecule is c1ccc(-c2ncc(-c3cccc(-c4cccnc4)c3)c(-c3cccc(-c4cccc5ccccc45)c3)n2)cc1. The lowest BCUT2D eigenvalue weighted by molar-refractivity contribution is 1.18. The fourth-order valence-corrected chi connectivity index (χ4v) is 5.25. The number of hydrogen-bond acceptors (Lipinski definition) is 3. The van der Waals surface area contributed by atoms with Gasteiger partial charge in [-0.15, -0.1) is 0 Å². The minimum atomic E-state index is 0.707. The van der Waals surface area contributed by atoms with Crippen molar-refractivity contribution >= 4 is 10.8 Å². The van der Waals surface area contributed by atoms with E-state index in [4.69, 9.17) is 9.97 Å². The Bertz CT molecular complexity index is 1940. The molecule has 0 fully saturated rings. The second kappa shape index (κ2) is 10.4. The van der Waals surface area contributed by atoms with Crippen molar-refractivity contribution < 1.29 is 0 Å². The van der Waals surface area contributed by atoms with E-state index in [1.807, 2.05) is 48.8 Å². The highest BCUT2D eigenvalue weighted by Gasteiger charge is 2.15. The summed E-state index contributed by atoms with van der Waals surface area (Å²) >= 11 is 0. The summed E-state index contributed by atoms with van der Waals surface area (Å²) in [5.41, 5.74) is 9.53. The van der Waals surface area contributed by atoms with E-state index < -0.39 is 0 Å². The van der Waals surface area contributed by atoms with E-state index in [-0.39, 0.29) is 0 Å². The molecule has 2 aromatic heterocycles. The Labute approximate surface area is 233 Å². The van der Waals surface area contributed by atoms with Crippen LogP contribution in [0, 0.1) is 0 Å². The highest BCUT2D eigenvalue weighted by Crippen LogP contribution is 2.36. The predicted molar refractivity (Wildman–Crippen MR) is 165 cm³/mol. The molecule has 0 unspecified atom stereocenters. The predicted octanol–water partition coefficient (Wildman–Crippen LogP) is 9.36. The highest BCUT2D eigenvalue weighted by molar-refractivity contribution is 5.97. The van der Waals surface area contributed by atoms with Gasteiger partial charge in [0.1, 0.15) is 0 Å². The molecule has 0 aliphatic heterocycles. The molecule has 40 heavy (non-hydrogen) atoms. The number of nitrogens with zero attached hydrogens (tertiary/aromatic N) is 3. The standard InChI is InChI=1S/C37H25N3/c1-2-11-27(12-3-1)37-39-25-35(30-16-6-14-28(22-30)32-18-9-21-38-24-32)36(40-37)31-17-7-15-29(23-31)34-20-8-13-26-10-4-5-19-33(26)34/h1-25H. The van der Waals surface area contributed by atoms with E-state index in [0.717, 1.165) is 44.6 Å². The summed E-state index contributed by atoms with van der Waals surface area (Å²) in [4.78, 5) is 14.3. The summed E-state index contributed by atoms with van der Waals surface area (Å²) in [6.45, 7) is 0. The molecule has 0 aliphatic carbocycles. The van der Waals surface area contributed by atoms with E-state index in [9.17, 15) is 0 Å². The zero-order chi connectivity index (χ0) is 26.7. The summed E-state index contributed by atoms with van der Waals surface area (Å²) in [6, 6.07) is 46.4. The molecule has 3 heteroatoms. The molecule has 2 heterocycles. The van der Waals surface area contributed by atoms with Crippen molar-refractivity contribution in [3.05, 3.63) is 152 Å². The largest absolute Gasteiger partial charge is 0.264 e. The topological polar surface area (TPSA) is 38.7 Å². The number of benzene rings is 5. The van der Waals surface area contributed by atoms with Gasteiger partial charge in [0, 0.05) is 40.8 Å².